The van der Waals surface area contributed by atoms with Gasteiger partial charge < -0.3 is 4.74 Å². The largest absolute Gasteiger partial charge is 0.372 e. The number of nitrogens with zero attached hydrogens (tertiary/aromatic N) is 2. The standard InChI is InChI=1S/C21H24N2O2S2/c1-5-26-21-22-19-18(15-10-16(12(2)3)25-11-17(15)27-19)20(24)23(21)14-8-6-13(4)7-9-14/h6-9,12,16H,5,10-11H2,1-4H3/t16-/m1/s1. The van der Waals surface area contributed by atoms with Crippen molar-refractivity contribution in [3.05, 3.63) is 50.6 Å². The minimum atomic E-state index is 0.0432. The molecule has 27 heavy (non-hydrogen) atoms. The maximum absolute atomic E-state index is 13.6. The Morgan fingerprint density at radius 3 is 2.74 bits per heavy atom. The second-order valence-corrected chi connectivity index (χ2v) is 9.60. The quantitative estimate of drug-likeness (QED) is 0.458. The van der Waals surface area contributed by atoms with Crippen LogP contribution in [-0.2, 0) is 17.8 Å². The normalized spacial score (nSPS) is 16.9. The van der Waals surface area contributed by atoms with Gasteiger partial charge in [-0.2, -0.15) is 0 Å². The Kier molecular flexibility index (Phi) is 5.14. The Morgan fingerprint density at radius 1 is 1.33 bits per heavy atom. The lowest BCUT2D eigenvalue weighted by Crippen LogP contribution is -2.28. The van der Waals surface area contributed by atoms with Crippen LogP contribution in [0.2, 0.25) is 0 Å². The molecule has 0 spiro atoms. The highest BCUT2D eigenvalue weighted by molar-refractivity contribution is 7.99. The van der Waals surface area contributed by atoms with E-state index in [4.69, 9.17) is 9.72 Å². The summed E-state index contributed by atoms with van der Waals surface area (Å²) in [6.45, 7) is 9.06. The summed E-state index contributed by atoms with van der Waals surface area (Å²) in [4.78, 5) is 20.5. The van der Waals surface area contributed by atoms with E-state index in [2.05, 4.69) is 27.7 Å². The fraction of sp³-hybridized carbons (Fsp3) is 0.429. The van der Waals surface area contributed by atoms with Crippen LogP contribution in [0.1, 0.15) is 36.8 Å². The molecule has 0 bridgehead atoms. The van der Waals surface area contributed by atoms with Gasteiger partial charge in [-0.1, -0.05) is 50.2 Å². The van der Waals surface area contributed by atoms with Crippen molar-refractivity contribution in [1.82, 2.24) is 9.55 Å². The van der Waals surface area contributed by atoms with E-state index < -0.39 is 0 Å². The minimum absolute atomic E-state index is 0.0432. The first-order valence-electron chi connectivity index (χ1n) is 9.38. The fourth-order valence-electron chi connectivity index (χ4n) is 3.48. The van der Waals surface area contributed by atoms with Gasteiger partial charge in [-0.3, -0.25) is 9.36 Å². The first-order valence-corrected chi connectivity index (χ1v) is 11.2. The Morgan fingerprint density at radius 2 is 2.07 bits per heavy atom. The zero-order chi connectivity index (χ0) is 19.1. The summed E-state index contributed by atoms with van der Waals surface area (Å²) in [5.74, 6) is 1.29. The maximum atomic E-state index is 13.6. The molecule has 1 aromatic carbocycles. The Hall–Kier alpha value is -1.63. The molecule has 142 valence electrons. The van der Waals surface area contributed by atoms with Crippen molar-refractivity contribution < 1.29 is 4.74 Å². The van der Waals surface area contributed by atoms with E-state index in [1.165, 1.54) is 5.56 Å². The van der Waals surface area contributed by atoms with Crippen LogP contribution in [0.4, 0.5) is 0 Å². The van der Waals surface area contributed by atoms with Crippen LogP contribution in [-0.4, -0.2) is 21.4 Å². The number of aromatic nitrogens is 2. The summed E-state index contributed by atoms with van der Waals surface area (Å²) in [5, 5.41) is 1.55. The zero-order valence-corrected chi connectivity index (χ0v) is 17.7. The molecule has 0 radical (unpaired) electrons. The molecule has 3 heterocycles. The minimum Gasteiger partial charge on any atom is -0.372 e. The van der Waals surface area contributed by atoms with Crippen molar-refractivity contribution in [2.45, 2.75) is 52.0 Å². The molecule has 4 nitrogen and oxygen atoms in total. The molecule has 3 aromatic rings. The number of hydrogen-bond acceptors (Lipinski definition) is 5. The lowest BCUT2D eigenvalue weighted by Gasteiger charge is -2.26. The number of hydrogen-bond donors (Lipinski definition) is 0. The van der Waals surface area contributed by atoms with Gasteiger partial charge >= 0.3 is 0 Å². The summed E-state index contributed by atoms with van der Waals surface area (Å²) in [6, 6.07) is 8.09. The van der Waals surface area contributed by atoms with Crippen molar-refractivity contribution >= 4 is 33.3 Å². The molecule has 0 aliphatic carbocycles. The van der Waals surface area contributed by atoms with E-state index in [0.717, 1.165) is 43.7 Å². The molecule has 6 heteroatoms. The van der Waals surface area contributed by atoms with E-state index in [1.807, 2.05) is 24.3 Å². The van der Waals surface area contributed by atoms with Crippen molar-refractivity contribution in [2.75, 3.05) is 5.75 Å². The molecule has 0 saturated carbocycles. The molecule has 1 aliphatic heterocycles. The molecule has 0 saturated heterocycles. The highest BCUT2D eigenvalue weighted by atomic mass is 32.2. The Labute approximate surface area is 167 Å². The van der Waals surface area contributed by atoms with Crippen LogP contribution in [0.5, 0.6) is 0 Å². The smallest absolute Gasteiger partial charge is 0.267 e. The van der Waals surface area contributed by atoms with Crippen LogP contribution in [0.3, 0.4) is 0 Å². The van der Waals surface area contributed by atoms with E-state index >= 15 is 0 Å². The van der Waals surface area contributed by atoms with Crippen LogP contribution >= 0.6 is 23.1 Å². The van der Waals surface area contributed by atoms with Gasteiger partial charge in [0.1, 0.15) is 4.83 Å². The third-order valence-corrected chi connectivity index (χ3v) is 6.94. The highest BCUT2D eigenvalue weighted by Gasteiger charge is 2.28. The predicted molar refractivity (Wildman–Crippen MR) is 113 cm³/mol. The number of thioether (sulfide) groups is 1. The maximum Gasteiger partial charge on any atom is 0.267 e. The van der Waals surface area contributed by atoms with Crippen molar-refractivity contribution in [3.63, 3.8) is 0 Å². The summed E-state index contributed by atoms with van der Waals surface area (Å²) in [7, 11) is 0. The summed E-state index contributed by atoms with van der Waals surface area (Å²) in [6.07, 6.45) is 0.949. The SMILES string of the molecule is CCSc1nc2sc3c(c2c(=O)n1-c1ccc(C)cc1)C[C@H](C(C)C)OC3. The van der Waals surface area contributed by atoms with Gasteiger partial charge in [-0.15, -0.1) is 11.3 Å². The first kappa shape index (κ1) is 18.7. The number of aryl methyl sites for hydroxylation is 1. The first-order chi connectivity index (χ1) is 13.0. The van der Waals surface area contributed by atoms with Crippen LogP contribution in [0.15, 0.2) is 34.2 Å². The fourth-order valence-corrected chi connectivity index (χ4v) is 5.39. The molecule has 0 unspecified atom stereocenters. The van der Waals surface area contributed by atoms with Crippen molar-refractivity contribution in [1.29, 1.82) is 0 Å². The molecular formula is C21H24N2O2S2. The van der Waals surface area contributed by atoms with Gasteiger partial charge in [0, 0.05) is 11.3 Å². The summed E-state index contributed by atoms with van der Waals surface area (Å²) in [5.41, 5.74) is 3.24. The summed E-state index contributed by atoms with van der Waals surface area (Å²) >= 11 is 3.22. The van der Waals surface area contributed by atoms with E-state index in [0.29, 0.717) is 12.5 Å². The number of thiophene rings is 1. The molecule has 4 rings (SSSR count). The Balaban J connectivity index is 1.95. The predicted octanol–water partition coefficient (Wildman–Crippen LogP) is 4.96. The average molecular weight is 401 g/mol. The van der Waals surface area contributed by atoms with Crippen LogP contribution < -0.4 is 5.56 Å². The molecular weight excluding hydrogens is 376 g/mol. The van der Waals surface area contributed by atoms with Gasteiger partial charge in [0.05, 0.1) is 23.8 Å². The second kappa shape index (κ2) is 7.41. The van der Waals surface area contributed by atoms with Crippen LogP contribution in [0, 0.1) is 12.8 Å². The molecule has 2 aromatic heterocycles. The number of benzene rings is 1. The molecule has 1 aliphatic rings. The van der Waals surface area contributed by atoms with Gasteiger partial charge in [0.15, 0.2) is 5.16 Å². The molecule has 1 atom stereocenters. The third-order valence-electron chi connectivity index (χ3n) is 5.02. The Bertz CT molecular complexity index is 1040. The highest BCUT2D eigenvalue weighted by Crippen LogP contribution is 2.36. The van der Waals surface area contributed by atoms with Crippen LogP contribution in [0.25, 0.3) is 15.9 Å². The van der Waals surface area contributed by atoms with Gasteiger partial charge in [0.25, 0.3) is 5.56 Å². The van der Waals surface area contributed by atoms with Gasteiger partial charge in [-0.25, -0.2) is 4.98 Å². The van der Waals surface area contributed by atoms with E-state index in [-0.39, 0.29) is 11.7 Å². The lowest BCUT2D eigenvalue weighted by atomic mass is 9.96. The average Bonchev–Trinajstić information content (AvgIpc) is 3.01. The number of ether oxygens (including phenoxy) is 1. The zero-order valence-electron chi connectivity index (χ0n) is 16.1. The number of fused-ring (bicyclic) bond motifs is 3. The van der Waals surface area contributed by atoms with Crippen molar-refractivity contribution in [2.24, 2.45) is 5.92 Å². The monoisotopic (exact) mass is 400 g/mol. The molecule has 0 N–H and O–H groups in total. The molecule has 0 fully saturated rings. The third kappa shape index (κ3) is 3.35. The van der Waals surface area contributed by atoms with Gasteiger partial charge in [0.2, 0.25) is 0 Å². The van der Waals surface area contributed by atoms with E-state index in [1.54, 1.807) is 27.7 Å². The number of rotatable bonds is 4. The second-order valence-electron chi connectivity index (χ2n) is 7.29. The van der Waals surface area contributed by atoms with Crippen molar-refractivity contribution in [3.8, 4) is 5.69 Å². The lowest BCUT2D eigenvalue weighted by molar-refractivity contribution is 0.00200. The molecule has 0 amide bonds. The summed E-state index contributed by atoms with van der Waals surface area (Å²) < 4.78 is 7.79. The van der Waals surface area contributed by atoms with Gasteiger partial charge in [-0.05, 0) is 36.3 Å². The topological polar surface area (TPSA) is 44.1 Å². The van der Waals surface area contributed by atoms with E-state index in [9.17, 15) is 4.79 Å².